The Morgan fingerprint density at radius 3 is 2.62 bits per heavy atom. The molecule has 128 valence electrons. The van der Waals surface area contributed by atoms with E-state index >= 15 is 0 Å². The van der Waals surface area contributed by atoms with Gasteiger partial charge in [-0.2, -0.15) is 0 Å². The zero-order chi connectivity index (χ0) is 16.8. The van der Waals surface area contributed by atoms with E-state index in [0.29, 0.717) is 31.8 Å². The second-order valence-corrected chi connectivity index (χ2v) is 7.02. The summed E-state index contributed by atoms with van der Waals surface area (Å²) in [6.45, 7) is 6.35. The van der Waals surface area contributed by atoms with Crippen molar-refractivity contribution in [2.45, 2.75) is 38.8 Å². The van der Waals surface area contributed by atoms with Crippen LogP contribution in [-0.4, -0.2) is 47.2 Å². The van der Waals surface area contributed by atoms with Crippen LogP contribution >= 0.6 is 0 Å². The minimum absolute atomic E-state index is 0.272. The number of fused-ring (bicyclic) bond motifs is 1. The van der Waals surface area contributed by atoms with Crippen LogP contribution in [0, 0.1) is 0 Å². The highest BCUT2D eigenvalue weighted by Crippen LogP contribution is 2.37. The molecule has 3 heterocycles. The van der Waals surface area contributed by atoms with Gasteiger partial charge in [0.25, 0.3) is 0 Å². The SMILES string of the molecule is CC1CCC(C)N1c1ccc2c(c1)c(C1=NCCOC1)c(O)n2C. The highest BCUT2D eigenvalue weighted by molar-refractivity contribution is 6.14. The largest absolute Gasteiger partial charge is 0.494 e. The second-order valence-electron chi connectivity index (χ2n) is 7.02. The lowest BCUT2D eigenvalue weighted by Crippen LogP contribution is -2.32. The summed E-state index contributed by atoms with van der Waals surface area (Å²) in [4.78, 5) is 7.08. The summed E-state index contributed by atoms with van der Waals surface area (Å²) in [5, 5.41) is 11.7. The molecule has 5 nitrogen and oxygen atoms in total. The minimum Gasteiger partial charge on any atom is -0.494 e. The molecule has 1 aromatic carbocycles. The Labute approximate surface area is 142 Å². The van der Waals surface area contributed by atoms with E-state index in [-0.39, 0.29) is 5.88 Å². The van der Waals surface area contributed by atoms with Gasteiger partial charge in [-0.05, 0) is 44.9 Å². The topological polar surface area (TPSA) is 50.0 Å². The van der Waals surface area contributed by atoms with Crippen molar-refractivity contribution in [3.05, 3.63) is 23.8 Å². The number of aromatic nitrogens is 1. The first-order valence-electron chi connectivity index (χ1n) is 8.79. The third-order valence-electron chi connectivity index (χ3n) is 5.47. The molecule has 2 aliphatic rings. The maximum absolute atomic E-state index is 10.6. The van der Waals surface area contributed by atoms with Crippen LogP contribution in [0.4, 0.5) is 5.69 Å². The molecule has 0 radical (unpaired) electrons. The molecule has 0 amide bonds. The molecule has 0 spiro atoms. The lowest BCUT2D eigenvalue weighted by atomic mass is 10.1. The number of aromatic hydroxyl groups is 1. The molecule has 4 rings (SSSR count). The molecular weight excluding hydrogens is 302 g/mol. The average Bonchev–Trinajstić information content (AvgIpc) is 3.05. The minimum atomic E-state index is 0.272. The van der Waals surface area contributed by atoms with Crippen molar-refractivity contribution >= 4 is 22.3 Å². The van der Waals surface area contributed by atoms with E-state index in [1.165, 1.54) is 18.5 Å². The van der Waals surface area contributed by atoms with E-state index < -0.39 is 0 Å². The fourth-order valence-corrected chi connectivity index (χ4v) is 4.18. The highest BCUT2D eigenvalue weighted by atomic mass is 16.5. The molecule has 1 aromatic heterocycles. The maximum atomic E-state index is 10.6. The van der Waals surface area contributed by atoms with Crippen LogP contribution in [0.3, 0.4) is 0 Å². The summed E-state index contributed by atoms with van der Waals surface area (Å²) in [7, 11) is 1.90. The number of anilines is 1. The first-order chi connectivity index (χ1) is 11.6. The Balaban J connectivity index is 1.88. The Kier molecular flexibility index (Phi) is 3.76. The van der Waals surface area contributed by atoms with Crippen molar-refractivity contribution in [1.29, 1.82) is 0 Å². The van der Waals surface area contributed by atoms with E-state index in [9.17, 15) is 5.11 Å². The summed E-state index contributed by atoms with van der Waals surface area (Å²) in [6, 6.07) is 7.58. The molecule has 1 N–H and O–H groups in total. The van der Waals surface area contributed by atoms with E-state index in [1.54, 1.807) is 0 Å². The van der Waals surface area contributed by atoms with E-state index in [2.05, 4.69) is 41.9 Å². The van der Waals surface area contributed by atoms with Crippen LogP contribution in [0.25, 0.3) is 10.9 Å². The summed E-state index contributed by atoms with van der Waals surface area (Å²) in [6.07, 6.45) is 2.46. The van der Waals surface area contributed by atoms with Gasteiger partial charge in [0.1, 0.15) is 0 Å². The lowest BCUT2D eigenvalue weighted by molar-refractivity contribution is 0.171. The first kappa shape index (κ1) is 15.5. The van der Waals surface area contributed by atoms with Crippen molar-refractivity contribution in [2.24, 2.45) is 12.0 Å². The average molecular weight is 327 g/mol. The summed E-state index contributed by atoms with van der Waals surface area (Å²) < 4.78 is 7.39. The number of aliphatic imine (C=N–C) groups is 1. The van der Waals surface area contributed by atoms with E-state index in [1.807, 2.05) is 11.6 Å². The van der Waals surface area contributed by atoms with Gasteiger partial charge in [0.15, 0.2) is 0 Å². The fourth-order valence-electron chi connectivity index (χ4n) is 4.18. The predicted octanol–water partition coefficient (Wildman–Crippen LogP) is 3.08. The van der Waals surface area contributed by atoms with E-state index in [0.717, 1.165) is 22.2 Å². The van der Waals surface area contributed by atoms with Crippen molar-refractivity contribution < 1.29 is 9.84 Å². The van der Waals surface area contributed by atoms with Gasteiger partial charge in [-0.25, -0.2) is 0 Å². The predicted molar refractivity (Wildman–Crippen MR) is 97.4 cm³/mol. The quantitative estimate of drug-likeness (QED) is 0.922. The van der Waals surface area contributed by atoms with Gasteiger partial charge in [0.05, 0.1) is 36.6 Å². The molecule has 24 heavy (non-hydrogen) atoms. The van der Waals surface area contributed by atoms with Crippen molar-refractivity contribution in [1.82, 2.24) is 4.57 Å². The molecule has 2 aliphatic heterocycles. The smallest absolute Gasteiger partial charge is 0.201 e. The zero-order valence-corrected chi connectivity index (χ0v) is 14.6. The number of rotatable bonds is 2. The molecule has 0 saturated carbocycles. The van der Waals surface area contributed by atoms with Crippen LogP contribution in [0.5, 0.6) is 5.88 Å². The van der Waals surface area contributed by atoms with Crippen LogP contribution in [0.1, 0.15) is 32.3 Å². The molecule has 0 bridgehead atoms. The van der Waals surface area contributed by atoms with Crippen molar-refractivity contribution in [3.63, 3.8) is 0 Å². The lowest BCUT2D eigenvalue weighted by Gasteiger charge is -2.29. The van der Waals surface area contributed by atoms with Crippen LogP contribution in [0.2, 0.25) is 0 Å². The number of ether oxygens (including phenoxy) is 1. The Morgan fingerprint density at radius 1 is 1.21 bits per heavy atom. The number of hydrogen-bond acceptors (Lipinski definition) is 4. The van der Waals surface area contributed by atoms with Crippen molar-refractivity contribution in [2.75, 3.05) is 24.7 Å². The van der Waals surface area contributed by atoms with Gasteiger partial charge in [-0.3, -0.25) is 4.99 Å². The van der Waals surface area contributed by atoms with Gasteiger partial charge in [0.2, 0.25) is 5.88 Å². The van der Waals surface area contributed by atoms with Gasteiger partial charge < -0.3 is 19.3 Å². The third-order valence-corrected chi connectivity index (χ3v) is 5.47. The van der Waals surface area contributed by atoms with Gasteiger partial charge in [-0.1, -0.05) is 0 Å². The van der Waals surface area contributed by atoms with Crippen LogP contribution < -0.4 is 4.90 Å². The van der Waals surface area contributed by atoms with Crippen LogP contribution in [0.15, 0.2) is 23.2 Å². The second kappa shape index (κ2) is 5.81. The molecule has 2 aromatic rings. The fraction of sp³-hybridized carbons (Fsp3) is 0.526. The monoisotopic (exact) mass is 327 g/mol. The highest BCUT2D eigenvalue weighted by Gasteiger charge is 2.28. The Hall–Kier alpha value is -2.01. The molecule has 5 heteroatoms. The third kappa shape index (κ3) is 2.30. The molecule has 1 fully saturated rings. The van der Waals surface area contributed by atoms with Crippen LogP contribution in [-0.2, 0) is 11.8 Å². The number of nitrogens with zero attached hydrogens (tertiary/aromatic N) is 3. The Morgan fingerprint density at radius 2 is 1.96 bits per heavy atom. The molecular formula is C19H25N3O2. The molecule has 2 atom stereocenters. The summed E-state index contributed by atoms with van der Waals surface area (Å²) in [5.41, 5.74) is 3.93. The van der Waals surface area contributed by atoms with Gasteiger partial charge in [0, 0.05) is 30.2 Å². The van der Waals surface area contributed by atoms with Crippen molar-refractivity contribution in [3.8, 4) is 5.88 Å². The number of aryl methyl sites for hydroxylation is 1. The number of hydrogen-bond donors (Lipinski definition) is 1. The molecule has 1 saturated heterocycles. The summed E-state index contributed by atoms with van der Waals surface area (Å²) in [5.74, 6) is 0.272. The number of benzene rings is 1. The molecule has 2 unspecified atom stereocenters. The zero-order valence-electron chi connectivity index (χ0n) is 14.6. The van der Waals surface area contributed by atoms with Gasteiger partial charge >= 0.3 is 0 Å². The summed E-state index contributed by atoms with van der Waals surface area (Å²) >= 11 is 0. The van der Waals surface area contributed by atoms with E-state index in [4.69, 9.17) is 4.74 Å². The maximum Gasteiger partial charge on any atom is 0.201 e. The van der Waals surface area contributed by atoms with Gasteiger partial charge in [-0.15, -0.1) is 0 Å². The molecule has 0 aliphatic carbocycles. The Bertz CT molecular complexity index is 799. The first-order valence-corrected chi connectivity index (χ1v) is 8.79. The normalized spacial score (nSPS) is 24.6. The standard InChI is InChI=1S/C19H25N3O2/c1-12-4-5-13(2)22(12)14-6-7-17-15(10-14)18(19(23)21(17)3)16-11-24-9-8-20-16/h6-7,10,12-13,23H,4-5,8-9,11H2,1-3H3.